The van der Waals surface area contributed by atoms with Crippen molar-refractivity contribution in [1.29, 1.82) is 0 Å². The van der Waals surface area contributed by atoms with Crippen LogP contribution in [0.2, 0.25) is 0 Å². The summed E-state index contributed by atoms with van der Waals surface area (Å²) in [7, 11) is -2.54. The number of Topliss-reactive ketones (excluding diaryl/α,β-unsaturated/α-hetero) is 1. The van der Waals surface area contributed by atoms with Crippen LogP contribution >= 0.6 is 0 Å². The Hall–Kier alpha value is -2.10. The van der Waals surface area contributed by atoms with E-state index in [4.69, 9.17) is 5.14 Å². The zero-order valence-electron chi connectivity index (χ0n) is 20.4. The van der Waals surface area contributed by atoms with E-state index in [0.29, 0.717) is 11.3 Å². The maximum atomic E-state index is 13.4. The van der Waals surface area contributed by atoms with Crippen LogP contribution in [-0.4, -0.2) is 29.4 Å². The normalized spacial score (nSPS) is 13.6. The maximum Gasteiger partial charge on any atom is 0.162 e. The van der Waals surface area contributed by atoms with Crippen LogP contribution in [-0.2, 0) is 22.0 Å². The Kier molecular flexibility index (Phi) is 12.7. The minimum Gasteiger partial charge on any atom is -0.294 e. The zero-order chi connectivity index (χ0) is 26.0. The van der Waals surface area contributed by atoms with Crippen LogP contribution in [0.5, 0.6) is 0 Å². The number of ketones is 1. The molecule has 0 bridgehead atoms. The number of halogens is 2. The predicted molar refractivity (Wildman–Crippen MR) is 135 cm³/mol. The molecule has 0 aliphatic carbocycles. The smallest absolute Gasteiger partial charge is 0.162 e. The molecular weight excluding hydrogens is 466 g/mol. The van der Waals surface area contributed by atoms with Crippen LogP contribution < -0.4 is 5.14 Å². The summed E-state index contributed by atoms with van der Waals surface area (Å²) in [6, 6.07) is 12.3. The van der Waals surface area contributed by atoms with Crippen molar-refractivity contribution in [2.24, 2.45) is 9.54 Å². The van der Waals surface area contributed by atoms with E-state index in [9.17, 15) is 22.0 Å². The molecule has 0 radical (unpaired) electrons. The number of hydrogen-bond donors (Lipinski definition) is 1. The quantitative estimate of drug-likeness (QED) is 0.444. The zero-order valence-corrected chi connectivity index (χ0v) is 22.1. The number of rotatable bonds is 3. The van der Waals surface area contributed by atoms with E-state index in [-0.39, 0.29) is 21.9 Å². The lowest BCUT2D eigenvalue weighted by Gasteiger charge is -2.14. The van der Waals surface area contributed by atoms with E-state index in [1.165, 1.54) is 25.1 Å². The average Bonchev–Trinajstić information content (AvgIpc) is 2.68. The lowest BCUT2D eigenvalue weighted by Crippen LogP contribution is -2.27. The molecule has 9 heteroatoms. The van der Waals surface area contributed by atoms with Gasteiger partial charge in [-0.1, -0.05) is 30.3 Å². The van der Waals surface area contributed by atoms with Crippen molar-refractivity contribution >= 4 is 33.5 Å². The maximum absolute atomic E-state index is 13.4. The van der Waals surface area contributed by atoms with Gasteiger partial charge in [0.15, 0.2) is 5.78 Å². The summed E-state index contributed by atoms with van der Waals surface area (Å²) in [5.41, 5.74) is 1.02. The van der Waals surface area contributed by atoms with E-state index in [2.05, 4.69) is 4.40 Å². The number of carbonyl (C=O) groups is 1. The molecule has 0 aliphatic heterocycles. The second-order valence-electron chi connectivity index (χ2n) is 8.96. The molecule has 2 aromatic carbocycles. The lowest BCUT2D eigenvalue weighted by atomic mass is 10.1. The molecule has 2 aromatic rings. The summed E-state index contributed by atoms with van der Waals surface area (Å²) in [6.07, 6.45) is 0. The molecule has 2 atom stereocenters. The van der Waals surface area contributed by atoms with Crippen molar-refractivity contribution < 1.29 is 22.0 Å². The number of nitrogens with zero attached hydrogens (tertiary/aromatic N) is 1. The third-order valence-electron chi connectivity index (χ3n) is 3.86. The first-order chi connectivity index (χ1) is 15.0. The average molecular weight is 501 g/mol. The van der Waals surface area contributed by atoms with Crippen molar-refractivity contribution in [3.63, 3.8) is 0 Å². The number of hydrogen-bond acceptors (Lipinski definition) is 3. The summed E-state index contributed by atoms with van der Waals surface area (Å²) in [6.45, 7) is 14.0. The van der Waals surface area contributed by atoms with Gasteiger partial charge in [0, 0.05) is 5.56 Å². The summed E-state index contributed by atoms with van der Waals surface area (Å²) >= 11 is 0. The Morgan fingerprint density at radius 1 is 0.788 bits per heavy atom. The van der Waals surface area contributed by atoms with Gasteiger partial charge in [-0.25, -0.2) is 17.2 Å². The molecule has 0 spiro atoms. The summed E-state index contributed by atoms with van der Waals surface area (Å²) in [4.78, 5) is 10.6. The minimum atomic E-state index is -1.35. The van der Waals surface area contributed by atoms with Crippen molar-refractivity contribution in [2.45, 2.75) is 64.9 Å². The Morgan fingerprint density at radius 3 is 1.42 bits per heavy atom. The molecule has 0 saturated heterocycles. The Balaban J connectivity index is 0.000000514. The fraction of sp³-hybridized carbons (Fsp3) is 0.417. The highest BCUT2D eigenvalue weighted by Gasteiger charge is 2.19. The molecule has 184 valence electrons. The van der Waals surface area contributed by atoms with Crippen LogP contribution in [0.3, 0.4) is 0 Å². The third kappa shape index (κ3) is 12.1. The second kappa shape index (κ2) is 13.6. The standard InChI is InChI=1S/C12H16FNOS.C8H7FO.C4H11NOS/c1-9(14-16(15)12(2,3)4)10-7-5-6-8-11(10)13;1-6(10)7-4-2-3-5-8(7)9;1-4(2,3)7(5)6/h5-8H,1-4H3;2-5H,1H3;5H2,1-3H3/t16-;;7-/m1.1/s1. The highest BCUT2D eigenvalue weighted by molar-refractivity contribution is 7.85. The van der Waals surface area contributed by atoms with Gasteiger partial charge in [-0.3, -0.25) is 9.93 Å². The summed E-state index contributed by atoms with van der Waals surface area (Å²) in [5, 5.41) is 5.04. The van der Waals surface area contributed by atoms with E-state index in [1.807, 2.05) is 41.5 Å². The molecule has 0 saturated carbocycles. The Morgan fingerprint density at radius 2 is 1.15 bits per heavy atom. The van der Waals surface area contributed by atoms with Gasteiger partial charge in [0.1, 0.15) is 22.6 Å². The van der Waals surface area contributed by atoms with Gasteiger partial charge in [0.2, 0.25) is 0 Å². The SMILES string of the molecule is CC(=N[S@](=O)C(C)(C)C)c1ccccc1F.CC(=O)c1ccccc1F.CC(C)(C)[S@](N)=O. The van der Waals surface area contributed by atoms with E-state index in [1.54, 1.807) is 37.3 Å². The van der Waals surface area contributed by atoms with Crippen molar-refractivity contribution in [1.82, 2.24) is 0 Å². The monoisotopic (exact) mass is 500 g/mol. The molecule has 0 aromatic heterocycles. The van der Waals surface area contributed by atoms with Crippen molar-refractivity contribution in [2.75, 3.05) is 0 Å². The van der Waals surface area contributed by atoms with E-state index >= 15 is 0 Å². The Labute approximate surface area is 201 Å². The first kappa shape index (κ1) is 30.9. The van der Waals surface area contributed by atoms with Gasteiger partial charge in [-0.2, -0.15) is 4.40 Å². The van der Waals surface area contributed by atoms with Crippen LogP contribution in [0.25, 0.3) is 0 Å². The molecule has 2 rings (SSSR count). The van der Waals surface area contributed by atoms with Crippen molar-refractivity contribution in [3.05, 3.63) is 71.3 Å². The number of carbonyl (C=O) groups excluding carboxylic acids is 1. The van der Waals surface area contributed by atoms with Gasteiger partial charge >= 0.3 is 0 Å². The number of benzene rings is 2. The van der Waals surface area contributed by atoms with Crippen molar-refractivity contribution in [3.8, 4) is 0 Å². The fourth-order valence-corrected chi connectivity index (χ4v) is 2.43. The molecule has 0 unspecified atom stereocenters. The first-order valence-corrected chi connectivity index (χ1v) is 12.4. The molecule has 0 aliphatic rings. The van der Waals surface area contributed by atoms with E-state index < -0.39 is 32.5 Å². The minimum absolute atomic E-state index is 0.155. The van der Waals surface area contributed by atoms with Gasteiger partial charge in [-0.15, -0.1) is 0 Å². The summed E-state index contributed by atoms with van der Waals surface area (Å²) in [5.74, 6) is -1.03. The van der Waals surface area contributed by atoms with Gasteiger partial charge in [-0.05, 0) is 73.6 Å². The predicted octanol–water partition coefficient (Wildman–Crippen LogP) is 5.53. The van der Waals surface area contributed by atoms with E-state index in [0.717, 1.165) is 0 Å². The molecular formula is C24H34F2N2O3S2. The first-order valence-electron chi connectivity index (χ1n) is 10.1. The molecule has 0 heterocycles. The third-order valence-corrected chi connectivity index (χ3v) is 6.56. The topological polar surface area (TPSA) is 89.6 Å². The van der Waals surface area contributed by atoms with Gasteiger partial charge in [0.25, 0.3) is 0 Å². The van der Waals surface area contributed by atoms with Crippen LogP contribution in [0.15, 0.2) is 52.9 Å². The summed E-state index contributed by atoms with van der Waals surface area (Å²) < 4.78 is 51.5. The number of nitrogens with two attached hydrogens (primary N) is 1. The van der Waals surface area contributed by atoms with Crippen LogP contribution in [0.4, 0.5) is 8.78 Å². The van der Waals surface area contributed by atoms with Crippen LogP contribution in [0.1, 0.15) is 71.3 Å². The molecule has 0 fully saturated rings. The van der Waals surface area contributed by atoms with Gasteiger partial charge < -0.3 is 0 Å². The molecule has 5 nitrogen and oxygen atoms in total. The largest absolute Gasteiger partial charge is 0.294 e. The molecule has 0 amide bonds. The lowest BCUT2D eigenvalue weighted by molar-refractivity contribution is 0.101. The molecule has 33 heavy (non-hydrogen) atoms. The Bertz CT molecular complexity index is 1010. The second-order valence-corrected chi connectivity index (χ2v) is 12.7. The van der Waals surface area contributed by atoms with Crippen LogP contribution in [0, 0.1) is 11.6 Å². The van der Waals surface area contributed by atoms with Gasteiger partial charge in [0.05, 0.1) is 31.8 Å². The molecule has 2 N–H and O–H groups in total. The highest BCUT2D eigenvalue weighted by Crippen LogP contribution is 2.15. The fourth-order valence-electron chi connectivity index (χ4n) is 1.81. The highest BCUT2D eigenvalue weighted by atomic mass is 32.2.